The standard InChI is InChI=1S/C18H19NO4/c1-13-3-2-4-15(11-13)21-8-7-18(20)19-14-5-6-16-17(12-14)23-10-9-22-16/h2-6,11-12H,7-10H2,1H3,(H,19,20). The Bertz CT molecular complexity index is 699. The van der Waals surface area contributed by atoms with Crippen molar-refractivity contribution >= 4 is 11.6 Å². The molecule has 0 radical (unpaired) electrons. The summed E-state index contributed by atoms with van der Waals surface area (Å²) in [4.78, 5) is 12.0. The lowest BCUT2D eigenvalue weighted by Crippen LogP contribution is -2.17. The van der Waals surface area contributed by atoms with E-state index in [-0.39, 0.29) is 12.3 Å². The zero-order chi connectivity index (χ0) is 16.1. The third-order valence-electron chi connectivity index (χ3n) is 3.41. The fraction of sp³-hybridized carbons (Fsp3) is 0.278. The number of hydrogen-bond donors (Lipinski definition) is 1. The molecule has 0 bridgehead atoms. The fourth-order valence-corrected chi connectivity index (χ4v) is 2.31. The van der Waals surface area contributed by atoms with E-state index in [0.29, 0.717) is 37.0 Å². The van der Waals surface area contributed by atoms with Crippen LogP contribution in [0.15, 0.2) is 42.5 Å². The summed E-state index contributed by atoms with van der Waals surface area (Å²) in [6.45, 7) is 3.41. The van der Waals surface area contributed by atoms with Crippen molar-refractivity contribution in [2.24, 2.45) is 0 Å². The number of anilines is 1. The van der Waals surface area contributed by atoms with Crippen LogP contribution in [0.1, 0.15) is 12.0 Å². The van der Waals surface area contributed by atoms with Gasteiger partial charge in [0.15, 0.2) is 11.5 Å². The summed E-state index contributed by atoms with van der Waals surface area (Å²) in [5.41, 5.74) is 1.82. The minimum Gasteiger partial charge on any atom is -0.493 e. The average Bonchev–Trinajstić information content (AvgIpc) is 2.55. The second-order valence-corrected chi connectivity index (χ2v) is 5.32. The van der Waals surface area contributed by atoms with Gasteiger partial charge < -0.3 is 19.5 Å². The van der Waals surface area contributed by atoms with Gasteiger partial charge in [-0.3, -0.25) is 4.79 Å². The molecule has 0 saturated heterocycles. The predicted octanol–water partition coefficient (Wildman–Crippen LogP) is 3.17. The van der Waals surface area contributed by atoms with Gasteiger partial charge in [-0.15, -0.1) is 0 Å². The molecule has 1 aliphatic rings. The number of aryl methyl sites for hydroxylation is 1. The van der Waals surface area contributed by atoms with Gasteiger partial charge in [-0.25, -0.2) is 0 Å². The van der Waals surface area contributed by atoms with Crippen LogP contribution in [0.5, 0.6) is 17.2 Å². The molecule has 3 rings (SSSR count). The Hall–Kier alpha value is -2.69. The fourth-order valence-electron chi connectivity index (χ4n) is 2.31. The Morgan fingerprint density at radius 1 is 1.13 bits per heavy atom. The summed E-state index contributed by atoms with van der Waals surface area (Å²) in [7, 11) is 0. The number of carbonyl (C=O) groups excluding carboxylic acids is 1. The summed E-state index contributed by atoms with van der Waals surface area (Å²) < 4.78 is 16.5. The highest BCUT2D eigenvalue weighted by molar-refractivity contribution is 5.91. The van der Waals surface area contributed by atoms with Crippen LogP contribution < -0.4 is 19.5 Å². The smallest absolute Gasteiger partial charge is 0.227 e. The lowest BCUT2D eigenvalue weighted by atomic mass is 10.2. The molecule has 1 heterocycles. The molecular formula is C18H19NO4. The lowest BCUT2D eigenvalue weighted by molar-refractivity contribution is -0.116. The van der Waals surface area contributed by atoms with Crippen molar-refractivity contribution in [3.05, 3.63) is 48.0 Å². The number of fused-ring (bicyclic) bond motifs is 1. The summed E-state index contributed by atoms with van der Waals surface area (Å²) in [5.74, 6) is 2.04. The molecule has 0 unspecified atom stereocenters. The maximum absolute atomic E-state index is 12.0. The summed E-state index contributed by atoms with van der Waals surface area (Å²) >= 11 is 0. The zero-order valence-corrected chi connectivity index (χ0v) is 13.0. The highest BCUT2D eigenvalue weighted by Gasteiger charge is 2.12. The van der Waals surface area contributed by atoms with E-state index >= 15 is 0 Å². The molecule has 120 valence electrons. The summed E-state index contributed by atoms with van der Waals surface area (Å²) in [5, 5.41) is 2.84. The van der Waals surface area contributed by atoms with Crippen LogP contribution in [0.3, 0.4) is 0 Å². The van der Waals surface area contributed by atoms with Crippen LogP contribution in [-0.2, 0) is 4.79 Å². The minimum absolute atomic E-state index is 0.102. The van der Waals surface area contributed by atoms with Gasteiger partial charge in [0.1, 0.15) is 19.0 Å². The summed E-state index contributed by atoms with van der Waals surface area (Å²) in [6.07, 6.45) is 0.280. The number of carbonyl (C=O) groups is 1. The van der Waals surface area contributed by atoms with Gasteiger partial charge in [-0.2, -0.15) is 0 Å². The Morgan fingerprint density at radius 2 is 1.96 bits per heavy atom. The molecule has 5 heteroatoms. The molecule has 0 atom stereocenters. The van der Waals surface area contributed by atoms with Gasteiger partial charge in [-0.1, -0.05) is 12.1 Å². The summed E-state index contributed by atoms with van der Waals surface area (Å²) in [6, 6.07) is 13.1. The normalized spacial score (nSPS) is 12.6. The van der Waals surface area contributed by atoms with Gasteiger partial charge in [0.2, 0.25) is 5.91 Å². The molecule has 1 amide bonds. The molecule has 23 heavy (non-hydrogen) atoms. The number of ether oxygens (including phenoxy) is 3. The van der Waals surface area contributed by atoms with E-state index in [1.165, 1.54) is 0 Å². The van der Waals surface area contributed by atoms with Crippen molar-refractivity contribution in [2.45, 2.75) is 13.3 Å². The second kappa shape index (κ2) is 7.05. The number of amides is 1. The topological polar surface area (TPSA) is 56.8 Å². The first kappa shape index (κ1) is 15.2. The Balaban J connectivity index is 1.49. The first-order valence-corrected chi connectivity index (χ1v) is 7.60. The zero-order valence-electron chi connectivity index (χ0n) is 13.0. The number of rotatable bonds is 5. The van der Waals surface area contributed by atoms with E-state index in [1.807, 2.05) is 31.2 Å². The van der Waals surface area contributed by atoms with Crippen LogP contribution in [0.4, 0.5) is 5.69 Å². The third kappa shape index (κ3) is 4.16. The molecule has 0 aliphatic carbocycles. The SMILES string of the molecule is Cc1cccc(OCCC(=O)Nc2ccc3c(c2)OCCO3)c1. The largest absolute Gasteiger partial charge is 0.493 e. The molecule has 1 aliphatic heterocycles. The Morgan fingerprint density at radius 3 is 2.78 bits per heavy atom. The molecule has 0 fully saturated rings. The molecule has 1 N–H and O–H groups in total. The van der Waals surface area contributed by atoms with Gasteiger partial charge in [0.05, 0.1) is 13.0 Å². The van der Waals surface area contributed by atoms with Crippen molar-refractivity contribution in [3.8, 4) is 17.2 Å². The van der Waals surface area contributed by atoms with E-state index in [0.717, 1.165) is 11.3 Å². The Labute approximate surface area is 135 Å². The molecular weight excluding hydrogens is 294 g/mol. The van der Waals surface area contributed by atoms with Crippen molar-refractivity contribution in [2.75, 3.05) is 25.1 Å². The predicted molar refractivity (Wildman–Crippen MR) is 87.4 cm³/mol. The van der Waals surface area contributed by atoms with Gasteiger partial charge >= 0.3 is 0 Å². The average molecular weight is 313 g/mol. The lowest BCUT2D eigenvalue weighted by Gasteiger charge is -2.19. The molecule has 2 aromatic carbocycles. The molecule has 0 saturated carbocycles. The highest BCUT2D eigenvalue weighted by atomic mass is 16.6. The monoisotopic (exact) mass is 313 g/mol. The third-order valence-corrected chi connectivity index (χ3v) is 3.41. The van der Waals surface area contributed by atoms with E-state index < -0.39 is 0 Å². The van der Waals surface area contributed by atoms with E-state index in [9.17, 15) is 4.79 Å². The van der Waals surface area contributed by atoms with Crippen molar-refractivity contribution < 1.29 is 19.0 Å². The molecule has 5 nitrogen and oxygen atoms in total. The van der Waals surface area contributed by atoms with Gasteiger partial charge in [0.25, 0.3) is 0 Å². The van der Waals surface area contributed by atoms with Crippen LogP contribution in [0, 0.1) is 6.92 Å². The molecule has 0 aromatic heterocycles. The molecule has 2 aromatic rings. The number of hydrogen-bond acceptors (Lipinski definition) is 4. The maximum Gasteiger partial charge on any atom is 0.227 e. The first-order chi connectivity index (χ1) is 11.2. The van der Waals surface area contributed by atoms with Crippen LogP contribution >= 0.6 is 0 Å². The molecule has 0 spiro atoms. The Kier molecular flexibility index (Phi) is 4.66. The second-order valence-electron chi connectivity index (χ2n) is 5.32. The van der Waals surface area contributed by atoms with Crippen LogP contribution in [0.25, 0.3) is 0 Å². The van der Waals surface area contributed by atoms with Crippen LogP contribution in [0.2, 0.25) is 0 Å². The van der Waals surface area contributed by atoms with Gasteiger partial charge in [-0.05, 0) is 36.8 Å². The first-order valence-electron chi connectivity index (χ1n) is 7.60. The maximum atomic E-state index is 12.0. The van der Waals surface area contributed by atoms with E-state index in [4.69, 9.17) is 14.2 Å². The van der Waals surface area contributed by atoms with Crippen molar-refractivity contribution in [3.63, 3.8) is 0 Å². The van der Waals surface area contributed by atoms with Gasteiger partial charge in [0, 0.05) is 11.8 Å². The van der Waals surface area contributed by atoms with Crippen molar-refractivity contribution in [1.29, 1.82) is 0 Å². The van der Waals surface area contributed by atoms with Crippen molar-refractivity contribution in [1.82, 2.24) is 0 Å². The quantitative estimate of drug-likeness (QED) is 0.921. The van der Waals surface area contributed by atoms with Crippen LogP contribution in [-0.4, -0.2) is 25.7 Å². The van der Waals surface area contributed by atoms with E-state index in [2.05, 4.69) is 5.32 Å². The number of nitrogens with one attached hydrogen (secondary N) is 1. The highest BCUT2D eigenvalue weighted by Crippen LogP contribution is 2.32. The minimum atomic E-state index is -0.102. The van der Waals surface area contributed by atoms with E-state index in [1.54, 1.807) is 18.2 Å². The number of benzene rings is 2.